The predicted molar refractivity (Wildman–Crippen MR) is 117 cm³/mol. The van der Waals surface area contributed by atoms with Gasteiger partial charge in [0.05, 0.1) is 24.1 Å². The molecular formula is C24H22F3N3O4. The quantitative estimate of drug-likeness (QED) is 0.477. The number of carbonyl (C=O) groups excluding carboxylic acids is 2. The minimum absolute atomic E-state index is 0.0345. The third-order valence-electron chi connectivity index (χ3n) is 5.47. The van der Waals surface area contributed by atoms with Gasteiger partial charge in [-0.25, -0.2) is 0 Å². The van der Waals surface area contributed by atoms with Crippen LogP contribution in [0.4, 0.5) is 24.5 Å². The van der Waals surface area contributed by atoms with Gasteiger partial charge >= 0.3 is 6.18 Å². The van der Waals surface area contributed by atoms with E-state index in [4.69, 9.17) is 9.15 Å². The van der Waals surface area contributed by atoms with Gasteiger partial charge in [0.25, 0.3) is 5.91 Å². The highest BCUT2D eigenvalue weighted by molar-refractivity contribution is 5.97. The molecule has 1 fully saturated rings. The molecule has 4 rings (SSSR count). The Morgan fingerprint density at radius 1 is 1.00 bits per heavy atom. The third-order valence-corrected chi connectivity index (χ3v) is 5.47. The molecule has 3 N–H and O–H groups in total. The average Bonchev–Trinajstić information content (AvgIpc) is 3.51. The maximum Gasteiger partial charge on any atom is 0.418 e. The van der Waals surface area contributed by atoms with Gasteiger partial charge in [-0.15, -0.1) is 0 Å². The molecule has 0 bridgehead atoms. The van der Waals surface area contributed by atoms with E-state index < -0.39 is 29.1 Å². The highest BCUT2D eigenvalue weighted by Gasteiger charge is 2.44. The fourth-order valence-electron chi connectivity index (χ4n) is 3.64. The van der Waals surface area contributed by atoms with Crippen molar-refractivity contribution in [3.05, 3.63) is 83.8 Å². The van der Waals surface area contributed by atoms with Gasteiger partial charge in [-0.3, -0.25) is 9.59 Å². The summed E-state index contributed by atoms with van der Waals surface area (Å²) in [5, 5.41) is 8.29. The second kappa shape index (κ2) is 9.60. The summed E-state index contributed by atoms with van der Waals surface area (Å²) in [6.45, 7) is 0.523. The molecule has 1 aromatic heterocycles. The molecule has 0 saturated carbocycles. The molecule has 0 aliphatic carbocycles. The highest BCUT2D eigenvalue weighted by atomic mass is 19.4. The molecule has 1 unspecified atom stereocenters. The highest BCUT2D eigenvalue weighted by Crippen LogP contribution is 2.35. The van der Waals surface area contributed by atoms with Crippen molar-refractivity contribution in [2.75, 3.05) is 18.5 Å². The largest absolute Gasteiger partial charge is 0.459 e. The lowest BCUT2D eigenvalue weighted by Crippen LogP contribution is -2.59. The van der Waals surface area contributed by atoms with E-state index in [1.807, 2.05) is 0 Å². The molecule has 1 saturated heterocycles. The number of halogens is 3. The first-order valence-corrected chi connectivity index (χ1v) is 10.5. The molecule has 1 aliphatic heterocycles. The molecular weight excluding hydrogens is 451 g/mol. The van der Waals surface area contributed by atoms with Gasteiger partial charge < -0.3 is 25.1 Å². The van der Waals surface area contributed by atoms with Crippen molar-refractivity contribution < 1.29 is 31.9 Å². The molecule has 34 heavy (non-hydrogen) atoms. The topological polar surface area (TPSA) is 92.6 Å². The number of para-hydroxylation sites is 1. The summed E-state index contributed by atoms with van der Waals surface area (Å²) in [7, 11) is 0. The Hall–Kier alpha value is -3.79. The Morgan fingerprint density at radius 3 is 2.41 bits per heavy atom. The molecule has 2 amide bonds. The zero-order valence-corrected chi connectivity index (χ0v) is 17.9. The number of hydrogen-bond acceptors (Lipinski definition) is 5. The van der Waals surface area contributed by atoms with E-state index in [2.05, 4.69) is 16.0 Å². The second-order valence-electron chi connectivity index (χ2n) is 7.86. The van der Waals surface area contributed by atoms with Gasteiger partial charge in [-0.05, 0) is 42.0 Å². The summed E-state index contributed by atoms with van der Waals surface area (Å²) in [4.78, 5) is 25.3. The van der Waals surface area contributed by atoms with Crippen LogP contribution in [0.3, 0.4) is 0 Å². The van der Waals surface area contributed by atoms with E-state index >= 15 is 0 Å². The first-order chi connectivity index (χ1) is 16.3. The van der Waals surface area contributed by atoms with Crippen molar-refractivity contribution in [3.63, 3.8) is 0 Å². The van der Waals surface area contributed by atoms with Gasteiger partial charge in [0.15, 0.2) is 5.76 Å². The predicted octanol–water partition coefficient (Wildman–Crippen LogP) is 4.25. The van der Waals surface area contributed by atoms with E-state index in [0.717, 1.165) is 11.6 Å². The van der Waals surface area contributed by atoms with E-state index in [0.29, 0.717) is 18.7 Å². The molecule has 10 heteroatoms. The van der Waals surface area contributed by atoms with Crippen molar-refractivity contribution in [1.29, 1.82) is 0 Å². The van der Waals surface area contributed by atoms with E-state index in [9.17, 15) is 22.8 Å². The number of nitrogens with one attached hydrogen (secondary N) is 3. The Balaban J connectivity index is 1.38. The van der Waals surface area contributed by atoms with Crippen LogP contribution in [0.15, 0.2) is 71.3 Å². The monoisotopic (exact) mass is 473 g/mol. The Morgan fingerprint density at radius 2 is 1.76 bits per heavy atom. The second-order valence-corrected chi connectivity index (χ2v) is 7.86. The van der Waals surface area contributed by atoms with Crippen LogP contribution < -0.4 is 16.0 Å². The van der Waals surface area contributed by atoms with Crippen LogP contribution >= 0.6 is 0 Å². The molecule has 2 aromatic carbocycles. The molecule has 1 atom stereocenters. The van der Waals surface area contributed by atoms with Crippen LogP contribution in [0.5, 0.6) is 0 Å². The molecule has 178 valence electrons. The van der Waals surface area contributed by atoms with Crippen LogP contribution in [-0.2, 0) is 22.3 Å². The lowest BCUT2D eigenvalue weighted by molar-refractivity contribution is -0.137. The maximum absolute atomic E-state index is 13.2. The van der Waals surface area contributed by atoms with Crippen molar-refractivity contribution in [2.24, 2.45) is 0 Å². The minimum Gasteiger partial charge on any atom is -0.459 e. The first-order valence-electron chi connectivity index (χ1n) is 10.5. The lowest BCUT2D eigenvalue weighted by atomic mass is 9.97. The van der Waals surface area contributed by atoms with Gasteiger partial charge in [-0.2, -0.15) is 13.2 Å². The summed E-state index contributed by atoms with van der Waals surface area (Å²) in [5.74, 6) is -0.819. The molecule has 0 radical (unpaired) electrons. The van der Waals surface area contributed by atoms with E-state index in [1.165, 1.54) is 30.5 Å². The number of ether oxygens (including phenoxy) is 1. The number of hydrogen-bond donors (Lipinski definition) is 3. The van der Waals surface area contributed by atoms with Crippen molar-refractivity contribution >= 4 is 23.2 Å². The van der Waals surface area contributed by atoms with Crippen LogP contribution in [-0.4, -0.2) is 30.6 Å². The number of carbonyl (C=O) groups is 2. The molecule has 0 spiro atoms. The number of furan rings is 1. The molecule has 7 nitrogen and oxygen atoms in total. The van der Waals surface area contributed by atoms with Crippen LogP contribution in [0, 0.1) is 0 Å². The first kappa shape index (κ1) is 23.4. The summed E-state index contributed by atoms with van der Waals surface area (Å²) in [5.41, 5.74) is -0.821. The van der Waals surface area contributed by atoms with Gasteiger partial charge in [0, 0.05) is 25.3 Å². The lowest BCUT2D eigenvalue weighted by Gasteiger charge is -2.27. The van der Waals surface area contributed by atoms with Crippen molar-refractivity contribution in [3.8, 4) is 0 Å². The Kier molecular flexibility index (Phi) is 6.60. The normalized spacial score (nSPS) is 17.9. The smallest absolute Gasteiger partial charge is 0.418 e. The maximum atomic E-state index is 13.2. The van der Waals surface area contributed by atoms with E-state index in [1.54, 1.807) is 30.3 Å². The fraction of sp³-hybridized carbons (Fsp3) is 0.250. The SMILES string of the molecule is O=C(NC1(C(=O)NCc2ccc(Nc3ccccc3C(F)(F)F)cc2)CCOC1)c1ccco1. The Labute approximate surface area is 193 Å². The van der Waals surface area contributed by atoms with Crippen molar-refractivity contribution in [1.82, 2.24) is 10.6 Å². The van der Waals surface area contributed by atoms with Crippen LogP contribution in [0.2, 0.25) is 0 Å². The van der Waals surface area contributed by atoms with Gasteiger partial charge in [0.2, 0.25) is 5.91 Å². The fourth-order valence-corrected chi connectivity index (χ4v) is 3.64. The number of rotatable bonds is 7. The summed E-state index contributed by atoms with van der Waals surface area (Å²) < 4.78 is 50.0. The number of anilines is 2. The average molecular weight is 473 g/mol. The summed E-state index contributed by atoms with van der Waals surface area (Å²) in [6.07, 6.45) is -2.79. The third kappa shape index (κ3) is 5.23. The van der Waals surface area contributed by atoms with Crippen molar-refractivity contribution in [2.45, 2.75) is 24.7 Å². The van der Waals surface area contributed by atoms with E-state index in [-0.39, 0.29) is 24.6 Å². The number of amides is 2. The Bertz CT molecular complexity index is 1140. The molecule has 2 heterocycles. The standard InChI is InChI=1S/C24H22F3N3O4/c25-24(26,27)18-4-1-2-5-19(18)29-17-9-7-16(8-10-17)14-28-22(32)23(11-13-33-15-23)30-21(31)20-6-3-12-34-20/h1-10,12,29H,11,13-15H2,(H,28,32)(H,30,31). The zero-order valence-electron chi connectivity index (χ0n) is 17.9. The number of alkyl halides is 3. The van der Waals surface area contributed by atoms with Gasteiger partial charge in [0.1, 0.15) is 5.54 Å². The number of benzene rings is 2. The zero-order chi connectivity index (χ0) is 24.2. The summed E-state index contributed by atoms with van der Waals surface area (Å²) >= 11 is 0. The van der Waals surface area contributed by atoms with Gasteiger partial charge in [-0.1, -0.05) is 24.3 Å². The van der Waals surface area contributed by atoms with Crippen LogP contribution in [0.1, 0.15) is 28.1 Å². The summed E-state index contributed by atoms with van der Waals surface area (Å²) in [6, 6.07) is 14.9. The minimum atomic E-state index is -4.47. The molecule has 3 aromatic rings. The van der Waals surface area contributed by atoms with Crippen LogP contribution in [0.25, 0.3) is 0 Å². The molecule has 1 aliphatic rings.